The quantitative estimate of drug-likeness (QED) is 0.898. The number of aromatic nitrogens is 2. The lowest BCUT2D eigenvalue weighted by Crippen LogP contribution is -2.43. The molecule has 0 spiro atoms. The molecule has 1 amide bonds. The van der Waals surface area contributed by atoms with E-state index in [0.717, 1.165) is 6.42 Å². The molecule has 2 atom stereocenters. The zero-order valence-electron chi connectivity index (χ0n) is 14.0. The number of hydrogen-bond donors (Lipinski definition) is 1. The van der Waals surface area contributed by atoms with Gasteiger partial charge in [-0.1, -0.05) is 13.0 Å². The summed E-state index contributed by atoms with van der Waals surface area (Å²) in [7, 11) is 0. The average Bonchev–Trinajstić information content (AvgIpc) is 3.14. The third kappa shape index (κ3) is 3.99. The van der Waals surface area contributed by atoms with Crippen LogP contribution in [0.4, 0.5) is 0 Å². The fourth-order valence-electron chi connectivity index (χ4n) is 3.13. The van der Waals surface area contributed by atoms with Crippen molar-refractivity contribution in [2.24, 2.45) is 5.92 Å². The summed E-state index contributed by atoms with van der Waals surface area (Å²) in [4.78, 5) is 29.4. The standard InChI is InChI=1S/C18H21N3O4/c1-13-5-7-20(10-16(13)21-8-6-19-12-21)18(24)14-3-2-4-15(9-14)25-11-17(22)23/h2-4,6,8-9,12-13,16H,5,7,10-11H2,1H3,(H,22,23). The van der Waals surface area contributed by atoms with Crippen molar-refractivity contribution in [2.45, 2.75) is 19.4 Å². The number of carbonyl (C=O) groups is 2. The minimum absolute atomic E-state index is 0.0715. The van der Waals surface area contributed by atoms with Crippen molar-refractivity contribution in [1.29, 1.82) is 0 Å². The Kier molecular flexibility index (Phi) is 5.02. The molecule has 7 heteroatoms. The number of imidazole rings is 1. The molecule has 25 heavy (non-hydrogen) atoms. The lowest BCUT2D eigenvalue weighted by Gasteiger charge is -2.37. The van der Waals surface area contributed by atoms with E-state index >= 15 is 0 Å². The third-order valence-electron chi connectivity index (χ3n) is 4.56. The summed E-state index contributed by atoms with van der Waals surface area (Å²) in [6.07, 6.45) is 6.38. The highest BCUT2D eigenvalue weighted by molar-refractivity contribution is 5.94. The molecule has 1 fully saturated rings. The highest BCUT2D eigenvalue weighted by Crippen LogP contribution is 2.28. The van der Waals surface area contributed by atoms with Crippen molar-refractivity contribution in [3.8, 4) is 5.75 Å². The van der Waals surface area contributed by atoms with E-state index in [9.17, 15) is 9.59 Å². The lowest BCUT2D eigenvalue weighted by molar-refractivity contribution is -0.139. The molecule has 1 aromatic carbocycles. The number of ether oxygens (including phenoxy) is 1. The number of hydrogen-bond acceptors (Lipinski definition) is 4. The predicted molar refractivity (Wildman–Crippen MR) is 90.5 cm³/mol. The summed E-state index contributed by atoms with van der Waals surface area (Å²) in [6.45, 7) is 3.08. The van der Waals surface area contributed by atoms with Crippen LogP contribution in [0.25, 0.3) is 0 Å². The molecule has 1 aliphatic heterocycles. The van der Waals surface area contributed by atoms with Crippen molar-refractivity contribution in [1.82, 2.24) is 14.5 Å². The summed E-state index contributed by atoms with van der Waals surface area (Å²) in [5.41, 5.74) is 0.502. The Morgan fingerprint density at radius 1 is 1.40 bits per heavy atom. The molecule has 0 aliphatic carbocycles. The van der Waals surface area contributed by atoms with E-state index in [-0.39, 0.29) is 11.9 Å². The third-order valence-corrected chi connectivity index (χ3v) is 4.56. The lowest BCUT2D eigenvalue weighted by atomic mass is 9.93. The van der Waals surface area contributed by atoms with E-state index in [2.05, 4.69) is 16.5 Å². The van der Waals surface area contributed by atoms with Crippen LogP contribution >= 0.6 is 0 Å². The van der Waals surface area contributed by atoms with Gasteiger partial charge in [0.15, 0.2) is 6.61 Å². The summed E-state index contributed by atoms with van der Waals surface area (Å²) < 4.78 is 7.21. The van der Waals surface area contributed by atoms with Crippen LogP contribution in [0, 0.1) is 5.92 Å². The number of likely N-dealkylation sites (tertiary alicyclic amines) is 1. The van der Waals surface area contributed by atoms with E-state index < -0.39 is 12.6 Å². The zero-order chi connectivity index (χ0) is 17.8. The molecule has 2 unspecified atom stereocenters. The van der Waals surface area contributed by atoms with Crippen LogP contribution in [0.3, 0.4) is 0 Å². The highest BCUT2D eigenvalue weighted by Gasteiger charge is 2.30. The van der Waals surface area contributed by atoms with Crippen LogP contribution in [-0.2, 0) is 4.79 Å². The van der Waals surface area contributed by atoms with Crippen molar-refractivity contribution < 1.29 is 19.4 Å². The fraction of sp³-hybridized carbons (Fsp3) is 0.389. The predicted octanol–water partition coefficient (Wildman–Crippen LogP) is 2.07. The summed E-state index contributed by atoms with van der Waals surface area (Å²) >= 11 is 0. The molecule has 1 aromatic heterocycles. The Bertz CT molecular complexity index is 745. The number of carbonyl (C=O) groups excluding carboxylic acids is 1. The maximum atomic E-state index is 12.8. The van der Waals surface area contributed by atoms with Gasteiger partial charge in [-0.15, -0.1) is 0 Å². The van der Waals surface area contributed by atoms with Crippen LogP contribution in [0.15, 0.2) is 43.0 Å². The number of benzene rings is 1. The number of nitrogens with zero attached hydrogens (tertiary/aromatic N) is 3. The van der Waals surface area contributed by atoms with Gasteiger partial charge in [-0.2, -0.15) is 0 Å². The largest absolute Gasteiger partial charge is 0.482 e. The van der Waals surface area contributed by atoms with Gasteiger partial charge < -0.3 is 19.3 Å². The van der Waals surface area contributed by atoms with E-state index in [1.54, 1.807) is 36.8 Å². The number of rotatable bonds is 5. The molecule has 2 heterocycles. The van der Waals surface area contributed by atoms with Crippen molar-refractivity contribution >= 4 is 11.9 Å². The Labute approximate surface area is 145 Å². The second-order valence-corrected chi connectivity index (χ2v) is 6.30. The van der Waals surface area contributed by atoms with Gasteiger partial charge in [0.1, 0.15) is 5.75 Å². The number of piperidine rings is 1. The van der Waals surface area contributed by atoms with Gasteiger partial charge in [-0.25, -0.2) is 9.78 Å². The Morgan fingerprint density at radius 2 is 2.24 bits per heavy atom. The molecule has 3 rings (SSSR count). The highest BCUT2D eigenvalue weighted by atomic mass is 16.5. The van der Waals surface area contributed by atoms with Gasteiger partial charge in [-0.3, -0.25) is 4.79 Å². The van der Waals surface area contributed by atoms with Crippen LogP contribution in [-0.4, -0.2) is 51.1 Å². The molecule has 132 valence electrons. The van der Waals surface area contributed by atoms with Gasteiger partial charge in [-0.05, 0) is 30.5 Å². The Morgan fingerprint density at radius 3 is 2.96 bits per heavy atom. The van der Waals surface area contributed by atoms with E-state index in [4.69, 9.17) is 9.84 Å². The smallest absolute Gasteiger partial charge is 0.341 e. The first-order valence-electron chi connectivity index (χ1n) is 8.26. The number of carboxylic acid groups (broad SMARTS) is 1. The SMILES string of the molecule is CC1CCN(C(=O)c2cccc(OCC(=O)O)c2)CC1n1ccnc1. The van der Waals surface area contributed by atoms with Crippen molar-refractivity contribution in [2.75, 3.05) is 19.7 Å². The van der Waals surface area contributed by atoms with Gasteiger partial charge in [0.2, 0.25) is 0 Å². The second kappa shape index (κ2) is 7.38. The van der Waals surface area contributed by atoms with Gasteiger partial charge in [0.25, 0.3) is 5.91 Å². The van der Waals surface area contributed by atoms with Gasteiger partial charge in [0, 0.05) is 31.0 Å². The van der Waals surface area contributed by atoms with Crippen molar-refractivity contribution in [3.63, 3.8) is 0 Å². The molecule has 0 bridgehead atoms. The topological polar surface area (TPSA) is 84.7 Å². The van der Waals surface area contributed by atoms with Crippen LogP contribution in [0.5, 0.6) is 5.75 Å². The summed E-state index contributed by atoms with van der Waals surface area (Å²) in [5.74, 6) is -0.281. The summed E-state index contributed by atoms with van der Waals surface area (Å²) in [6, 6.07) is 6.86. The number of aliphatic carboxylic acids is 1. The average molecular weight is 343 g/mol. The monoisotopic (exact) mass is 343 g/mol. The Balaban J connectivity index is 1.72. The molecule has 7 nitrogen and oxygen atoms in total. The molecule has 0 radical (unpaired) electrons. The first-order chi connectivity index (χ1) is 12.0. The number of carboxylic acids is 1. The zero-order valence-corrected chi connectivity index (χ0v) is 14.0. The van der Waals surface area contributed by atoms with Crippen LogP contribution in [0.1, 0.15) is 29.7 Å². The molecule has 2 aromatic rings. The minimum Gasteiger partial charge on any atom is -0.482 e. The maximum absolute atomic E-state index is 12.8. The summed E-state index contributed by atoms with van der Waals surface area (Å²) in [5, 5.41) is 8.69. The van der Waals surface area contributed by atoms with Gasteiger partial charge >= 0.3 is 5.97 Å². The molecular weight excluding hydrogens is 322 g/mol. The van der Waals surface area contributed by atoms with E-state index in [1.165, 1.54) is 0 Å². The van der Waals surface area contributed by atoms with E-state index in [1.807, 2.05) is 11.1 Å². The first kappa shape index (κ1) is 17.0. The molecule has 1 saturated heterocycles. The second-order valence-electron chi connectivity index (χ2n) is 6.30. The van der Waals surface area contributed by atoms with Crippen LogP contribution < -0.4 is 4.74 Å². The van der Waals surface area contributed by atoms with Crippen LogP contribution in [0.2, 0.25) is 0 Å². The molecule has 0 saturated carbocycles. The maximum Gasteiger partial charge on any atom is 0.341 e. The Hall–Kier alpha value is -2.83. The number of amides is 1. The normalized spacial score (nSPS) is 20.3. The van der Waals surface area contributed by atoms with Gasteiger partial charge in [0.05, 0.1) is 12.4 Å². The molecular formula is C18H21N3O4. The molecule has 1 N–H and O–H groups in total. The van der Waals surface area contributed by atoms with Crippen molar-refractivity contribution in [3.05, 3.63) is 48.5 Å². The fourth-order valence-corrected chi connectivity index (χ4v) is 3.13. The first-order valence-corrected chi connectivity index (χ1v) is 8.26. The molecule has 1 aliphatic rings. The minimum atomic E-state index is -1.05. The van der Waals surface area contributed by atoms with E-state index in [0.29, 0.717) is 30.3 Å².